The normalized spacial score (nSPS) is 10.2. The van der Waals surface area contributed by atoms with E-state index < -0.39 is 11.8 Å². The van der Waals surface area contributed by atoms with E-state index in [4.69, 9.17) is 0 Å². The third-order valence-electron chi connectivity index (χ3n) is 2.72. The average Bonchev–Trinajstić information content (AvgIpc) is 3.21. The predicted octanol–water partition coefficient (Wildman–Crippen LogP) is -0.363. The molecule has 10 heteroatoms. The van der Waals surface area contributed by atoms with Gasteiger partial charge in [-0.3, -0.25) is 20.4 Å². The van der Waals surface area contributed by atoms with Crippen molar-refractivity contribution in [3.63, 3.8) is 0 Å². The van der Waals surface area contributed by atoms with Crippen LogP contribution in [0, 0.1) is 0 Å². The van der Waals surface area contributed by atoms with Crippen LogP contribution >= 0.6 is 0 Å². The molecule has 2 amide bonds. The van der Waals surface area contributed by atoms with Crippen molar-refractivity contribution in [3.8, 4) is 0 Å². The molecule has 0 spiro atoms. The van der Waals surface area contributed by atoms with E-state index in [1.54, 1.807) is 24.3 Å². The van der Waals surface area contributed by atoms with Crippen molar-refractivity contribution in [3.05, 3.63) is 60.7 Å². The van der Waals surface area contributed by atoms with Crippen molar-refractivity contribution in [2.45, 2.75) is 0 Å². The van der Waals surface area contributed by atoms with Crippen molar-refractivity contribution < 1.29 is 9.59 Å². The van der Waals surface area contributed by atoms with Gasteiger partial charge < -0.3 is 0 Å². The van der Waals surface area contributed by atoms with Gasteiger partial charge in [-0.25, -0.2) is 9.35 Å². The Hall–Kier alpha value is -3.56. The second kappa shape index (κ2) is 5.83. The first-order valence-electron chi connectivity index (χ1n) is 6.15. The third-order valence-corrected chi connectivity index (χ3v) is 2.72. The van der Waals surface area contributed by atoms with Gasteiger partial charge in [0.25, 0.3) is 11.8 Å². The SMILES string of the molecule is O=C(Nn1cnnc1)c1ccccc1C(=O)Nn1cnnc1. The van der Waals surface area contributed by atoms with Crippen molar-refractivity contribution in [1.29, 1.82) is 0 Å². The van der Waals surface area contributed by atoms with Crippen LogP contribution in [0.5, 0.6) is 0 Å². The molecule has 0 saturated heterocycles. The second-order valence-corrected chi connectivity index (χ2v) is 4.17. The Bertz CT molecular complexity index is 714. The molecule has 0 aliphatic rings. The first-order valence-corrected chi connectivity index (χ1v) is 6.15. The number of nitrogens with zero attached hydrogens (tertiary/aromatic N) is 6. The molecule has 22 heavy (non-hydrogen) atoms. The van der Waals surface area contributed by atoms with E-state index in [-0.39, 0.29) is 11.1 Å². The van der Waals surface area contributed by atoms with Crippen molar-refractivity contribution in [2.24, 2.45) is 0 Å². The van der Waals surface area contributed by atoms with Crippen molar-refractivity contribution >= 4 is 11.8 Å². The van der Waals surface area contributed by atoms with Crippen LogP contribution in [0.25, 0.3) is 0 Å². The Balaban J connectivity index is 1.83. The Morgan fingerprint density at radius 1 is 0.727 bits per heavy atom. The Kier molecular flexibility index (Phi) is 3.56. The smallest absolute Gasteiger partial charge is 0.267 e. The average molecular weight is 298 g/mol. The summed E-state index contributed by atoms with van der Waals surface area (Å²) in [5.74, 6) is -0.927. The zero-order chi connectivity index (χ0) is 15.4. The van der Waals surface area contributed by atoms with Gasteiger partial charge in [0.1, 0.15) is 25.3 Å². The van der Waals surface area contributed by atoms with Crippen LogP contribution in [0.2, 0.25) is 0 Å². The van der Waals surface area contributed by atoms with Crippen molar-refractivity contribution in [1.82, 2.24) is 29.7 Å². The van der Waals surface area contributed by atoms with Gasteiger partial charge in [-0.05, 0) is 12.1 Å². The zero-order valence-corrected chi connectivity index (χ0v) is 11.1. The lowest BCUT2D eigenvalue weighted by Gasteiger charge is -2.10. The summed E-state index contributed by atoms with van der Waals surface area (Å²) in [4.78, 5) is 24.5. The molecule has 0 radical (unpaired) electrons. The fourth-order valence-electron chi connectivity index (χ4n) is 1.75. The number of nitrogens with one attached hydrogen (secondary N) is 2. The summed E-state index contributed by atoms with van der Waals surface area (Å²) in [7, 11) is 0. The maximum Gasteiger partial charge on any atom is 0.270 e. The molecule has 3 aromatic rings. The van der Waals surface area contributed by atoms with Crippen LogP contribution in [0.15, 0.2) is 49.6 Å². The summed E-state index contributed by atoms with van der Waals surface area (Å²) in [5, 5.41) is 14.3. The number of carbonyl (C=O) groups is 2. The number of amides is 2. The highest BCUT2D eigenvalue weighted by Crippen LogP contribution is 2.09. The molecule has 0 fully saturated rings. The highest BCUT2D eigenvalue weighted by Gasteiger charge is 2.17. The maximum absolute atomic E-state index is 12.2. The maximum atomic E-state index is 12.2. The summed E-state index contributed by atoms with van der Waals surface area (Å²) < 4.78 is 2.58. The summed E-state index contributed by atoms with van der Waals surface area (Å²) >= 11 is 0. The molecule has 2 N–H and O–H groups in total. The van der Waals surface area contributed by atoms with Crippen LogP contribution in [-0.2, 0) is 0 Å². The first kappa shape index (κ1) is 13.4. The molecule has 0 atom stereocenters. The minimum absolute atomic E-state index is 0.210. The molecule has 110 valence electrons. The van der Waals surface area contributed by atoms with Gasteiger partial charge in [-0.2, -0.15) is 0 Å². The fraction of sp³-hybridized carbons (Fsp3) is 0. The van der Waals surface area contributed by atoms with E-state index in [0.29, 0.717) is 0 Å². The van der Waals surface area contributed by atoms with Gasteiger partial charge >= 0.3 is 0 Å². The molecule has 0 bridgehead atoms. The van der Waals surface area contributed by atoms with Crippen LogP contribution in [0.4, 0.5) is 0 Å². The molecule has 10 nitrogen and oxygen atoms in total. The highest BCUT2D eigenvalue weighted by molar-refractivity contribution is 6.12. The number of benzene rings is 1. The number of hydrogen-bond acceptors (Lipinski definition) is 6. The highest BCUT2D eigenvalue weighted by atomic mass is 16.2. The lowest BCUT2D eigenvalue weighted by Crippen LogP contribution is -2.27. The lowest BCUT2D eigenvalue weighted by molar-refractivity contribution is 0.0975. The van der Waals surface area contributed by atoms with Gasteiger partial charge in [0, 0.05) is 0 Å². The van der Waals surface area contributed by atoms with E-state index in [1.165, 1.54) is 34.7 Å². The Morgan fingerprint density at radius 3 is 1.45 bits per heavy atom. The van der Waals surface area contributed by atoms with Gasteiger partial charge in [0.2, 0.25) is 0 Å². The van der Waals surface area contributed by atoms with Crippen LogP contribution < -0.4 is 10.9 Å². The second-order valence-electron chi connectivity index (χ2n) is 4.17. The molecule has 0 saturated carbocycles. The fourth-order valence-corrected chi connectivity index (χ4v) is 1.75. The minimum atomic E-state index is -0.464. The van der Waals surface area contributed by atoms with E-state index >= 15 is 0 Å². The number of aromatic nitrogens is 6. The number of hydrogen-bond donors (Lipinski definition) is 2. The first-order chi connectivity index (χ1) is 10.7. The van der Waals surface area contributed by atoms with E-state index in [9.17, 15) is 9.59 Å². The predicted molar refractivity (Wildman–Crippen MR) is 73.9 cm³/mol. The van der Waals surface area contributed by atoms with Gasteiger partial charge in [0.15, 0.2) is 0 Å². The third kappa shape index (κ3) is 2.80. The molecule has 0 aliphatic carbocycles. The van der Waals surface area contributed by atoms with Crippen LogP contribution in [0.3, 0.4) is 0 Å². The van der Waals surface area contributed by atoms with E-state index in [1.807, 2.05) is 0 Å². The standard InChI is InChI=1S/C12H10N8O2/c21-11(17-19-5-13-14-6-19)9-3-1-2-4-10(9)12(22)18-20-7-15-16-8-20/h1-8H,(H,17,21)(H,18,22). The molecule has 0 aliphatic heterocycles. The molecule has 1 aromatic carbocycles. The van der Waals surface area contributed by atoms with E-state index in [2.05, 4.69) is 31.2 Å². The van der Waals surface area contributed by atoms with Crippen LogP contribution in [0.1, 0.15) is 20.7 Å². The molecular weight excluding hydrogens is 288 g/mol. The molecule has 2 aromatic heterocycles. The zero-order valence-electron chi connectivity index (χ0n) is 11.1. The Labute approximate surface area is 123 Å². The summed E-state index contributed by atoms with van der Waals surface area (Å²) in [6, 6.07) is 6.41. The summed E-state index contributed by atoms with van der Waals surface area (Å²) in [6.45, 7) is 0. The Morgan fingerprint density at radius 2 is 1.09 bits per heavy atom. The van der Waals surface area contributed by atoms with E-state index in [0.717, 1.165) is 0 Å². The lowest BCUT2D eigenvalue weighted by atomic mass is 10.1. The minimum Gasteiger partial charge on any atom is -0.267 e. The number of carbonyl (C=O) groups excluding carboxylic acids is 2. The molecular formula is C12H10N8O2. The molecule has 0 unspecified atom stereocenters. The van der Waals surface area contributed by atoms with Crippen molar-refractivity contribution in [2.75, 3.05) is 10.9 Å². The topological polar surface area (TPSA) is 120 Å². The summed E-state index contributed by atoms with van der Waals surface area (Å²) in [6.07, 6.45) is 5.32. The van der Waals surface area contributed by atoms with Crippen LogP contribution in [-0.4, -0.2) is 41.6 Å². The monoisotopic (exact) mass is 298 g/mol. The van der Waals surface area contributed by atoms with Gasteiger partial charge in [-0.1, -0.05) is 12.1 Å². The van der Waals surface area contributed by atoms with Gasteiger partial charge in [-0.15, -0.1) is 20.4 Å². The quantitative estimate of drug-likeness (QED) is 0.678. The largest absolute Gasteiger partial charge is 0.270 e. The molecule has 3 rings (SSSR count). The molecule has 2 heterocycles. The van der Waals surface area contributed by atoms with Gasteiger partial charge in [0.05, 0.1) is 11.1 Å². The number of rotatable bonds is 4. The summed E-state index contributed by atoms with van der Waals surface area (Å²) in [5.41, 5.74) is 5.49.